The minimum Gasteiger partial charge on any atom is -0.492 e. The highest BCUT2D eigenvalue weighted by Crippen LogP contribution is 2.16. The van der Waals surface area contributed by atoms with Crippen molar-refractivity contribution in [1.82, 2.24) is 0 Å². The Bertz CT molecular complexity index is 399. The predicted octanol–water partition coefficient (Wildman–Crippen LogP) is 0.273. The molecule has 16 heavy (non-hydrogen) atoms. The van der Waals surface area contributed by atoms with Gasteiger partial charge in [0.1, 0.15) is 11.8 Å². The molecule has 84 valence electrons. The number of nitriles is 1. The largest absolute Gasteiger partial charge is 0.492 e. The molecule has 0 saturated carbocycles. The molecule has 1 rings (SSSR count). The van der Waals surface area contributed by atoms with Crippen LogP contribution in [0.2, 0.25) is 0 Å². The minimum atomic E-state index is -1.56. The molecule has 0 spiro atoms. The molecule has 0 aliphatic carbocycles. The lowest BCUT2D eigenvalue weighted by molar-refractivity contribution is 0.270. The van der Waals surface area contributed by atoms with Gasteiger partial charge in [-0.2, -0.15) is 5.26 Å². The zero-order valence-electron chi connectivity index (χ0n) is 9.34. The van der Waals surface area contributed by atoms with Gasteiger partial charge < -0.3 is 14.8 Å². The highest BCUT2D eigenvalue weighted by atomic mass is 16.5. The molecule has 1 aromatic carbocycles. The van der Waals surface area contributed by atoms with Crippen molar-refractivity contribution in [2.24, 2.45) is 5.92 Å². The summed E-state index contributed by atoms with van der Waals surface area (Å²) in [5.41, 5.74) is 0.597. The number of ether oxygens (including phenoxy) is 1. The third-order valence-corrected chi connectivity index (χ3v) is 1.99. The fourth-order valence-corrected chi connectivity index (χ4v) is 1.18. The van der Waals surface area contributed by atoms with Gasteiger partial charge in [0.2, 0.25) is 0 Å². The number of hydrogen-bond donors (Lipinski definition) is 2. The van der Waals surface area contributed by atoms with Crippen molar-refractivity contribution in [2.45, 2.75) is 13.8 Å². The fraction of sp³-hybridized carbons (Fsp3) is 0.364. The first-order valence-electron chi connectivity index (χ1n) is 5.07. The van der Waals surface area contributed by atoms with Gasteiger partial charge in [-0.1, -0.05) is 19.9 Å². The molecule has 0 bridgehead atoms. The molecule has 0 fully saturated rings. The molecule has 0 unspecified atom stereocenters. The van der Waals surface area contributed by atoms with Crippen molar-refractivity contribution in [3.8, 4) is 11.8 Å². The second kappa shape index (κ2) is 5.54. The second-order valence-electron chi connectivity index (χ2n) is 3.95. The van der Waals surface area contributed by atoms with Gasteiger partial charge in [0.05, 0.1) is 12.2 Å². The summed E-state index contributed by atoms with van der Waals surface area (Å²) in [4.78, 5) is 0. The SMILES string of the molecule is CC(C)COc1ccc(B(O)O)cc1C#N. The second-order valence-corrected chi connectivity index (χ2v) is 3.95. The molecule has 2 N–H and O–H groups in total. The van der Waals surface area contributed by atoms with E-state index in [1.165, 1.54) is 12.1 Å². The van der Waals surface area contributed by atoms with Crippen LogP contribution in [0.3, 0.4) is 0 Å². The van der Waals surface area contributed by atoms with Crippen LogP contribution in [-0.4, -0.2) is 23.8 Å². The van der Waals surface area contributed by atoms with Crippen molar-refractivity contribution in [3.05, 3.63) is 23.8 Å². The number of rotatable bonds is 4. The summed E-state index contributed by atoms with van der Waals surface area (Å²) in [6, 6.07) is 6.49. The van der Waals surface area contributed by atoms with Crippen molar-refractivity contribution in [2.75, 3.05) is 6.61 Å². The Kier molecular flexibility index (Phi) is 4.35. The average molecular weight is 219 g/mol. The normalized spacial score (nSPS) is 10.0. The van der Waals surface area contributed by atoms with Crippen molar-refractivity contribution in [1.29, 1.82) is 5.26 Å². The summed E-state index contributed by atoms with van der Waals surface area (Å²) >= 11 is 0. The lowest BCUT2D eigenvalue weighted by atomic mass is 9.79. The van der Waals surface area contributed by atoms with Crippen LogP contribution in [0.15, 0.2) is 18.2 Å². The van der Waals surface area contributed by atoms with Gasteiger partial charge in [-0.25, -0.2) is 0 Å². The Morgan fingerprint density at radius 2 is 2.12 bits per heavy atom. The number of nitrogens with zero attached hydrogens (tertiary/aromatic N) is 1. The Hall–Kier alpha value is -1.51. The van der Waals surface area contributed by atoms with Crippen LogP contribution >= 0.6 is 0 Å². The Morgan fingerprint density at radius 1 is 1.44 bits per heavy atom. The summed E-state index contributed by atoms with van der Waals surface area (Å²) in [5.74, 6) is 0.843. The molecule has 0 heterocycles. The van der Waals surface area contributed by atoms with Crippen LogP contribution in [-0.2, 0) is 0 Å². The van der Waals surface area contributed by atoms with E-state index in [9.17, 15) is 0 Å². The highest BCUT2D eigenvalue weighted by molar-refractivity contribution is 6.58. The molecular weight excluding hydrogens is 205 g/mol. The Balaban J connectivity index is 2.90. The topological polar surface area (TPSA) is 73.5 Å². The Labute approximate surface area is 95.2 Å². The minimum absolute atomic E-state index is 0.286. The van der Waals surface area contributed by atoms with E-state index in [1.807, 2.05) is 19.9 Å². The van der Waals surface area contributed by atoms with Crippen molar-refractivity contribution < 1.29 is 14.8 Å². The van der Waals surface area contributed by atoms with E-state index in [-0.39, 0.29) is 5.46 Å². The van der Waals surface area contributed by atoms with Crippen molar-refractivity contribution >= 4 is 12.6 Å². The maximum Gasteiger partial charge on any atom is 0.488 e. The lowest BCUT2D eigenvalue weighted by Gasteiger charge is -2.10. The molecule has 5 heteroatoms. The van der Waals surface area contributed by atoms with Gasteiger partial charge in [0, 0.05) is 0 Å². The molecule has 0 amide bonds. The molecule has 1 aromatic rings. The van der Waals surface area contributed by atoms with E-state index < -0.39 is 7.12 Å². The third kappa shape index (κ3) is 3.26. The summed E-state index contributed by atoms with van der Waals surface area (Å²) in [7, 11) is -1.56. The number of benzene rings is 1. The molecule has 0 aliphatic rings. The maximum absolute atomic E-state index is 8.96. The lowest BCUT2D eigenvalue weighted by Crippen LogP contribution is -2.29. The molecule has 0 atom stereocenters. The van der Waals surface area contributed by atoms with E-state index >= 15 is 0 Å². The molecule has 4 nitrogen and oxygen atoms in total. The van der Waals surface area contributed by atoms with Crippen LogP contribution in [0.1, 0.15) is 19.4 Å². The third-order valence-electron chi connectivity index (χ3n) is 1.99. The van der Waals surface area contributed by atoms with Gasteiger partial charge >= 0.3 is 7.12 Å². The van der Waals surface area contributed by atoms with Gasteiger partial charge in [-0.15, -0.1) is 0 Å². The molecule has 0 aromatic heterocycles. The van der Waals surface area contributed by atoms with E-state index in [1.54, 1.807) is 6.07 Å². The first kappa shape index (κ1) is 12.6. The fourth-order valence-electron chi connectivity index (χ4n) is 1.18. The van der Waals surface area contributed by atoms with E-state index in [0.29, 0.717) is 23.8 Å². The molecule has 0 aliphatic heterocycles. The zero-order valence-corrected chi connectivity index (χ0v) is 9.34. The van der Waals surface area contributed by atoms with E-state index in [4.69, 9.17) is 20.0 Å². The van der Waals surface area contributed by atoms with Crippen LogP contribution in [0.4, 0.5) is 0 Å². The zero-order chi connectivity index (χ0) is 12.1. The van der Waals surface area contributed by atoms with Gasteiger partial charge in [-0.05, 0) is 23.5 Å². The Morgan fingerprint density at radius 3 is 2.62 bits per heavy atom. The van der Waals surface area contributed by atoms with Crippen molar-refractivity contribution in [3.63, 3.8) is 0 Å². The number of hydrogen-bond acceptors (Lipinski definition) is 4. The van der Waals surface area contributed by atoms with Gasteiger partial charge in [0.15, 0.2) is 0 Å². The summed E-state index contributed by atoms with van der Waals surface area (Å²) < 4.78 is 5.44. The van der Waals surface area contributed by atoms with Crippen LogP contribution < -0.4 is 10.2 Å². The van der Waals surface area contributed by atoms with Crippen LogP contribution in [0.25, 0.3) is 0 Å². The molecular formula is C11H14BNO3. The van der Waals surface area contributed by atoms with E-state index in [2.05, 4.69) is 0 Å². The van der Waals surface area contributed by atoms with E-state index in [0.717, 1.165) is 0 Å². The van der Waals surface area contributed by atoms with Gasteiger partial charge in [0.25, 0.3) is 0 Å². The standard InChI is InChI=1S/C11H14BNO3/c1-8(2)7-16-11-4-3-10(12(14)15)5-9(11)6-13/h3-5,8,14-15H,7H2,1-2H3. The highest BCUT2D eigenvalue weighted by Gasteiger charge is 2.14. The smallest absolute Gasteiger partial charge is 0.488 e. The molecule has 0 radical (unpaired) electrons. The first-order chi connectivity index (χ1) is 7.54. The predicted molar refractivity (Wildman–Crippen MR) is 61.3 cm³/mol. The first-order valence-corrected chi connectivity index (χ1v) is 5.07. The maximum atomic E-state index is 8.96. The quantitative estimate of drug-likeness (QED) is 0.713. The van der Waals surface area contributed by atoms with Crippen LogP contribution in [0.5, 0.6) is 5.75 Å². The monoisotopic (exact) mass is 219 g/mol. The summed E-state index contributed by atoms with van der Waals surface area (Å²) in [5, 5.41) is 26.8. The summed E-state index contributed by atoms with van der Waals surface area (Å²) in [6.07, 6.45) is 0. The van der Waals surface area contributed by atoms with Crippen LogP contribution in [0, 0.1) is 17.2 Å². The average Bonchev–Trinajstić information content (AvgIpc) is 2.25. The van der Waals surface area contributed by atoms with Gasteiger partial charge in [-0.3, -0.25) is 0 Å². The summed E-state index contributed by atoms with van der Waals surface area (Å²) in [6.45, 7) is 4.55. The molecule has 0 saturated heterocycles.